The van der Waals surface area contributed by atoms with Crippen molar-refractivity contribution in [3.8, 4) is 11.3 Å². The van der Waals surface area contributed by atoms with Gasteiger partial charge in [-0.3, -0.25) is 4.79 Å². The molecule has 9 heteroatoms. The van der Waals surface area contributed by atoms with Crippen LogP contribution in [0.15, 0.2) is 54.9 Å². The summed E-state index contributed by atoms with van der Waals surface area (Å²) in [5, 5.41) is 26.8. The van der Waals surface area contributed by atoms with Crippen LogP contribution in [0.25, 0.3) is 11.3 Å². The van der Waals surface area contributed by atoms with E-state index in [4.69, 9.17) is 10.2 Å². The van der Waals surface area contributed by atoms with Crippen LogP contribution in [0, 0.1) is 0 Å². The summed E-state index contributed by atoms with van der Waals surface area (Å²) in [6, 6.07) is 12.6. The van der Waals surface area contributed by atoms with Crippen molar-refractivity contribution in [2.24, 2.45) is 0 Å². The van der Waals surface area contributed by atoms with Crippen LogP contribution in [-0.2, 0) is 0 Å². The fraction of sp³-hybridized carbons (Fsp3) is 0.273. The van der Waals surface area contributed by atoms with Crippen molar-refractivity contribution in [1.82, 2.24) is 20.3 Å². The summed E-state index contributed by atoms with van der Waals surface area (Å²) < 4.78 is 0. The van der Waals surface area contributed by atoms with E-state index >= 15 is 0 Å². The number of nitrogens with zero attached hydrogens (tertiary/aromatic N) is 3. The zero-order valence-electron chi connectivity index (χ0n) is 17.1. The summed E-state index contributed by atoms with van der Waals surface area (Å²) in [5.74, 6) is 0.908. The van der Waals surface area contributed by atoms with Gasteiger partial charge in [0.05, 0.1) is 5.69 Å². The van der Waals surface area contributed by atoms with Crippen LogP contribution in [0.2, 0.25) is 0 Å². The average Bonchev–Trinajstić information content (AvgIpc) is 2.80. The molecule has 0 fully saturated rings. The normalized spacial score (nSPS) is 10.5. The molecule has 162 valence electrons. The topological polar surface area (TPSA) is 132 Å². The zero-order valence-corrected chi connectivity index (χ0v) is 17.1. The first-order valence-electron chi connectivity index (χ1n) is 10.1. The summed E-state index contributed by atoms with van der Waals surface area (Å²) in [7, 11) is 0. The molecule has 2 aromatic heterocycles. The van der Waals surface area contributed by atoms with Gasteiger partial charge in [0.15, 0.2) is 0 Å². The van der Waals surface area contributed by atoms with Gasteiger partial charge in [0.2, 0.25) is 5.95 Å². The fourth-order valence-electron chi connectivity index (χ4n) is 2.81. The smallest absolute Gasteiger partial charge is 0.251 e. The highest BCUT2D eigenvalue weighted by molar-refractivity contribution is 5.95. The van der Waals surface area contributed by atoms with E-state index in [2.05, 4.69) is 30.9 Å². The van der Waals surface area contributed by atoms with E-state index in [1.807, 2.05) is 24.3 Å². The largest absolute Gasteiger partial charge is 0.396 e. The Morgan fingerprint density at radius 3 is 2.58 bits per heavy atom. The van der Waals surface area contributed by atoms with Crippen LogP contribution in [0.3, 0.4) is 0 Å². The van der Waals surface area contributed by atoms with Gasteiger partial charge in [-0.05, 0) is 49.2 Å². The van der Waals surface area contributed by atoms with Crippen LogP contribution >= 0.6 is 0 Å². The van der Waals surface area contributed by atoms with E-state index in [9.17, 15) is 4.79 Å². The highest BCUT2D eigenvalue weighted by Gasteiger charge is 2.08. The average molecular weight is 422 g/mol. The Morgan fingerprint density at radius 2 is 1.74 bits per heavy atom. The molecule has 1 aromatic carbocycles. The second-order valence-corrected chi connectivity index (χ2v) is 6.74. The molecule has 0 spiro atoms. The first-order chi connectivity index (χ1) is 15.2. The molecule has 0 atom stereocenters. The van der Waals surface area contributed by atoms with Gasteiger partial charge < -0.3 is 26.2 Å². The Bertz CT molecular complexity index is 998. The minimum Gasteiger partial charge on any atom is -0.396 e. The number of aliphatic hydroxyl groups is 2. The monoisotopic (exact) mass is 422 g/mol. The Kier molecular flexibility index (Phi) is 8.27. The molecule has 0 aliphatic heterocycles. The SMILES string of the molecule is O=C(NCCCO)c1cccc(Nc2nccc(-c3ccnc(NCCCO)c3)n2)c1. The van der Waals surface area contributed by atoms with Crippen LogP contribution in [0.4, 0.5) is 17.5 Å². The van der Waals surface area contributed by atoms with Crippen molar-refractivity contribution in [2.45, 2.75) is 12.8 Å². The van der Waals surface area contributed by atoms with Gasteiger partial charge in [-0.2, -0.15) is 0 Å². The lowest BCUT2D eigenvalue weighted by Crippen LogP contribution is -2.25. The summed E-state index contributed by atoms with van der Waals surface area (Å²) in [5.41, 5.74) is 2.80. The number of carbonyl (C=O) groups excluding carboxylic acids is 1. The molecule has 1 amide bonds. The Labute approximate surface area is 180 Å². The quantitative estimate of drug-likeness (QED) is 0.297. The lowest BCUT2D eigenvalue weighted by atomic mass is 10.2. The van der Waals surface area contributed by atoms with Gasteiger partial charge in [0.1, 0.15) is 5.82 Å². The van der Waals surface area contributed by atoms with E-state index < -0.39 is 0 Å². The van der Waals surface area contributed by atoms with Crippen molar-refractivity contribution < 1.29 is 15.0 Å². The molecule has 0 radical (unpaired) electrons. The number of benzene rings is 1. The van der Waals surface area contributed by atoms with Gasteiger partial charge >= 0.3 is 0 Å². The molecule has 31 heavy (non-hydrogen) atoms. The third-order valence-electron chi connectivity index (χ3n) is 4.35. The predicted molar refractivity (Wildman–Crippen MR) is 119 cm³/mol. The highest BCUT2D eigenvalue weighted by atomic mass is 16.3. The number of hydrogen-bond acceptors (Lipinski definition) is 8. The van der Waals surface area contributed by atoms with E-state index in [-0.39, 0.29) is 19.1 Å². The van der Waals surface area contributed by atoms with Crippen molar-refractivity contribution >= 4 is 23.4 Å². The number of hydrogen-bond donors (Lipinski definition) is 5. The molecular weight excluding hydrogens is 396 g/mol. The minimum absolute atomic E-state index is 0.0350. The number of aromatic nitrogens is 3. The number of rotatable bonds is 11. The van der Waals surface area contributed by atoms with Gasteiger partial charge in [-0.25, -0.2) is 15.0 Å². The maximum Gasteiger partial charge on any atom is 0.251 e. The van der Waals surface area contributed by atoms with Gasteiger partial charge in [-0.1, -0.05) is 6.07 Å². The van der Waals surface area contributed by atoms with E-state index in [0.29, 0.717) is 48.9 Å². The molecule has 9 nitrogen and oxygen atoms in total. The second kappa shape index (κ2) is 11.6. The molecule has 5 N–H and O–H groups in total. The molecule has 3 rings (SSSR count). The Morgan fingerprint density at radius 1 is 0.935 bits per heavy atom. The second-order valence-electron chi connectivity index (χ2n) is 6.74. The Balaban J connectivity index is 1.71. The predicted octanol–water partition coefficient (Wildman–Crippen LogP) is 2.19. The molecule has 0 saturated carbocycles. The van der Waals surface area contributed by atoms with Crippen molar-refractivity contribution in [2.75, 3.05) is 36.9 Å². The maximum absolute atomic E-state index is 12.2. The van der Waals surface area contributed by atoms with Gasteiger partial charge in [-0.15, -0.1) is 0 Å². The number of amides is 1. The zero-order chi connectivity index (χ0) is 21.9. The third-order valence-corrected chi connectivity index (χ3v) is 4.35. The van der Waals surface area contributed by atoms with Crippen molar-refractivity contribution in [3.63, 3.8) is 0 Å². The summed E-state index contributed by atoms with van der Waals surface area (Å²) >= 11 is 0. The highest BCUT2D eigenvalue weighted by Crippen LogP contribution is 2.21. The maximum atomic E-state index is 12.2. The molecular formula is C22H26N6O3. The molecule has 0 bridgehead atoms. The van der Waals surface area contributed by atoms with E-state index in [0.717, 1.165) is 11.3 Å². The number of aliphatic hydroxyl groups excluding tert-OH is 2. The number of pyridine rings is 1. The summed E-state index contributed by atoms with van der Waals surface area (Å²) in [6.07, 6.45) is 4.52. The number of carbonyl (C=O) groups is 1. The summed E-state index contributed by atoms with van der Waals surface area (Å²) in [4.78, 5) is 25.3. The van der Waals surface area contributed by atoms with Crippen LogP contribution < -0.4 is 16.0 Å². The van der Waals surface area contributed by atoms with Gasteiger partial charge in [0, 0.05) is 55.5 Å². The minimum atomic E-state index is -0.204. The lowest BCUT2D eigenvalue weighted by Gasteiger charge is -2.10. The first kappa shape index (κ1) is 22.1. The lowest BCUT2D eigenvalue weighted by molar-refractivity contribution is 0.0951. The fourth-order valence-corrected chi connectivity index (χ4v) is 2.81. The summed E-state index contributed by atoms with van der Waals surface area (Å²) in [6.45, 7) is 1.21. The Hall–Kier alpha value is -3.56. The van der Waals surface area contributed by atoms with Crippen LogP contribution in [0.5, 0.6) is 0 Å². The van der Waals surface area contributed by atoms with Gasteiger partial charge in [0.25, 0.3) is 5.91 Å². The first-order valence-corrected chi connectivity index (χ1v) is 10.1. The van der Waals surface area contributed by atoms with Crippen LogP contribution in [0.1, 0.15) is 23.2 Å². The third kappa shape index (κ3) is 6.73. The molecule has 0 aliphatic carbocycles. The molecule has 2 heterocycles. The van der Waals surface area contributed by atoms with E-state index in [1.54, 1.807) is 30.6 Å². The van der Waals surface area contributed by atoms with E-state index in [1.165, 1.54) is 0 Å². The molecule has 0 saturated heterocycles. The van der Waals surface area contributed by atoms with Crippen molar-refractivity contribution in [1.29, 1.82) is 0 Å². The number of anilines is 3. The number of nitrogens with one attached hydrogen (secondary N) is 3. The molecule has 3 aromatic rings. The van der Waals surface area contributed by atoms with Crippen molar-refractivity contribution in [3.05, 3.63) is 60.4 Å². The molecule has 0 unspecified atom stereocenters. The van der Waals surface area contributed by atoms with Crippen LogP contribution in [-0.4, -0.2) is 57.4 Å². The standard InChI is InChI=1S/C22H26N6O3/c29-12-2-8-23-20-15-16(6-10-24-20)19-7-11-26-22(28-19)27-18-5-1-4-17(14-18)21(31)25-9-3-13-30/h1,4-7,10-11,14-15,29-30H,2-3,8-9,12-13H2,(H,23,24)(H,25,31)(H,26,27,28). The molecule has 0 aliphatic rings.